The molecule has 0 radical (unpaired) electrons. The third kappa shape index (κ3) is 1.75. The SMILES string of the molecule is C[SiH]1CCCO[SiH2]1. The standard InChI is InChI=1S/C4H12OSi2/c1-7-4-2-3-5-6-7/h7H,2-4,6H2,1H3. The highest BCUT2D eigenvalue weighted by atomic mass is 29.2. The molecule has 7 heavy (non-hydrogen) atoms. The van der Waals surface area contributed by atoms with Crippen molar-refractivity contribution in [2.75, 3.05) is 6.61 Å². The molecular formula is C4H12OSi2. The quantitative estimate of drug-likeness (QED) is 0.416. The minimum absolute atomic E-state index is 0.0718. The maximum Gasteiger partial charge on any atom is 0.147 e. The third-order valence-electron chi connectivity index (χ3n) is 1.39. The molecule has 0 bridgehead atoms. The molecule has 0 aromatic rings. The van der Waals surface area contributed by atoms with Gasteiger partial charge in [0, 0.05) is 6.61 Å². The fourth-order valence-electron chi connectivity index (χ4n) is 0.902. The summed E-state index contributed by atoms with van der Waals surface area (Å²) >= 11 is 0. The van der Waals surface area contributed by atoms with E-state index >= 15 is 0 Å². The van der Waals surface area contributed by atoms with Crippen LogP contribution in [-0.4, -0.2) is 24.2 Å². The lowest BCUT2D eigenvalue weighted by Gasteiger charge is -2.14. The molecule has 0 aliphatic carbocycles. The number of hydrogen-bond acceptors (Lipinski definition) is 1. The first-order valence-corrected chi connectivity index (χ1v) is 8.79. The highest BCUT2D eigenvalue weighted by molar-refractivity contribution is 7.09. The van der Waals surface area contributed by atoms with Crippen LogP contribution in [-0.2, 0) is 4.43 Å². The molecule has 0 amide bonds. The van der Waals surface area contributed by atoms with Crippen LogP contribution < -0.4 is 0 Å². The molecule has 0 saturated carbocycles. The summed E-state index contributed by atoms with van der Waals surface area (Å²) in [5.74, 6) is 0. The Labute approximate surface area is 48.4 Å². The molecule has 1 unspecified atom stereocenters. The molecule has 1 heterocycles. The van der Waals surface area contributed by atoms with E-state index in [4.69, 9.17) is 4.43 Å². The van der Waals surface area contributed by atoms with E-state index in [0.29, 0.717) is 0 Å². The maximum absolute atomic E-state index is 5.38. The lowest BCUT2D eigenvalue weighted by Crippen LogP contribution is -2.26. The Morgan fingerprint density at radius 2 is 2.57 bits per heavy atom. The molecule has 1 nitrogen and oxygen atoms in total. The Hall–Kier alpha value is 0.394. The summed E-state index contributed by atoms with van der Waals surface area (Å²) in [5.41, 5.74) is 0. The molecule has 42 valence electrons. The molecule has 1 rings (SSSR count). The van der Waals surface area contributed by atoms with Gasteiger partial charge in [-0.3, -0.25) is 0 Å². The highest BCUT2D eigenvalue weighted by Crippen LogP contribution is 2.02. The zero-order valence-corrected chi connectivity index (χ0v) is 7.38. The molecule has 0 N–H and O–H groups in total. The maximum atomic E-state index is 5.38. The minimum Gasteiger partial charge on any atom is -0.428 e. The monoisotopic (exact) mass is 132 g/mol. The van der Waals surface area contributed by atoms with Crippen LogP contribution in [0.5, 0.6) is 0 Å². The van der Waals surface area contributed by atoms with E-state index in [1.54, 1.807) is 6.04 Å². The van der Waals surface area contributed by atoms with E-state index in [-0.39, 0.29) is 17.6 Å². The largest absolute Gasteiger partial charge is 0.428 e. The molecular weight excluding hydrogens is 120 g/mol. The fraction of sp³-hybridized carbons (Fsp3) is 1.00. The average Bonchev–Trinajstić information content (AvgIpc) is 1.69. The van der Waals surface area contributed by atoms with E-state index in [1.165, 1.54) is 6.42 Å². The summed E-state index contributed by atoms with van der Waals surface area (Å²) in [7, 11) is -0.106. The van der Waals surface area contributed by atoms with Gasteiger partial charge in [-0.15, -0.1) is 0 Å². The number of hydrogen-bond donors (Lipinski definition) is 0. The van der Waals surface area contributed by atoms with Crippen LogP contribution in [0.3, 0.4) is 0 Å². The van der Waals surface area contributed by atoms with Crippen molar-refractivity contribution in [1.29, 1.82) is 0 Å². The van der Waals surface area contributed by atoms with Gasteiger partial charge in [-0.05, 0) is 6.42 Å². The Morgan fingerprint density at radius 3 is 2.86 bits per heavy atom. The summed E-state index contributed by atoms with van der Waals surface area (Å²) in [6, 6.07) is 1.56. The Balaban J connectivity index is 2.12. The molecule has 1 atom stereocenters. The summed E-state index contributed by atoms with van der Waals surface area (Å²) in [6.07, 6.45) is 1.36. The van der Waals surface area contributed by atoms with Gasteiger partial charge in [0.05, 0.1) is 8.31 Å². The first-order valence-electron chi connectivity index (χ1n) is 2.97. The number of rotatable bonds is 0. The van der Waals surface area contributed by atoms with Crippen LogP contribution in [0.2, 0.25) is 12.6 Å². The van der Waals surface area contributed by atoms with Gasteiger partial charge >= 0.3 is 0 Å². The molecule has 1 fully saturated rings. The Kier molecular flexibility index (Phi) is 2.09. The van der Waals surface area contributed by atoms with Gasteiger partial charge in [-0.2, -0.15) is 0 Å². The average molecular weight is 132 g/mol. The van der Waals surface area contributed by atoms with E-state index in [1.807, 2.05) is 0 Å². The second-order valence-corrected chi connectivity index (χ2v) is 11.0. The van der Waals surface area contributed by atoms with Crippen LogP contribution in [0.4, 0.5) is 0 Å². The molecule has 0 aromatic heterocycles. The van der Waals surface area contributed by atoms with Crippen LogP contribution >= 0.6 is 0 Å². The molecule has 1 saturated heterocycles. The van der Waals surface area contributed by atoms with Crippen LogP contribution in [0, 0.1) is 0 Å². The second-order valence-electron chi connectivity index (χ2n) is 2.32. The van der Waals surface area contributed by atoms with Gasteiger partial charge in [0.25, 0.3) is 0 Å². The summed E-state index contributed by atoms with van der Waals surface area (Å²) in [6.45, 7) is 3.52. The smallest absolute Gasteiger partial charge is 0.147 e. The summed E-state index contributed by atoms with van der Waals surface area (Å²) in [4.78, 5) is 0. The van der Waals surface area contributed by atoms with E-state index < -0.39 is 0 Å². The van der Waals surface area contributed by atoms with Gasteiger partial charge in [-0.25, -0.2) is 0 Å². The molecule has 0 aromatic carbocycles. The van der Waals surface area contributed by atoms with Gasteiger partial charge in [-0.1, -0.05) is 12.6 Å². The zero-order valence-electron chi connectivity index (χ0n) is 4.81. The normalized spacial score (nSPS) is 36.4. The minimum atomic E-state index is -0.178. The summed E-state index contributed by atoms with van der Waals surface area (Å²) in [5, 5.41) is 0. The lowest BCUT2D eigenvalue weighted by atomic mass is 10.5. The first kappa shape index (κ1) is 5.53. The van der Waals surface area contributed by atoms with Crippen molar-refractivity contribution in [3.05, 3.63) is 0 Å². The Morgan fingerprint density at radius 1 is 1.71 bits per heavy atom. The van der Waals surface area contributed by atoms with Crippen molar-refractivity contribution in [1.82, 2.24) is 0 Å². The Bertz CT molecular complexity index is 51.7. The predicted octanol–water partition coefficient (Wildman–Crippen LogP) is -0.156. The topological polar surface area (TPSA) is 9.23 Å². The second kappa shape index (κ2) is 2.64. The van der Waals surface area contributed by atoms with Crippen LogP contribution in [0.1, 0.15) is 6.42 Å². The van der Waals surface area contributed by atoms with Crippen LogP contribution in [0.25, 0.3) is 0 Å². The first-order chi connectivity index (χ1) is 3.39. The predicted molar refractivity (Wildman–Crippen MR) is 36.9 cm³/mol. The van der Waals surface area contributed by atoms with E-state index in [9.17, 15) is 0 Å². The molecule has 0 spiro atoms. The third-order valence-corrected chi connectivity index (χ3v) is 7.51. The van der Waals surface area contributed by atoms with Crippen molar-refractivity contribution in [2.24, 2.45) is 0 Å². The van der Waals surface area contributed by atoms with Crippen molar-refractivity contribution in [2.45, 2.75) is 19.0 Å². The van der Waals surface area contributed by atoms with Gasteiger partial charge in [0.15, 0.2) is 0 Å². The van der Waals surface area contributed by atoms with Crippen molar-refractivity contribution in [3.63, 3.8) is 0 Å². The highest BCUT2D eigenvalue weighted by Gasteiger charge is 2.09. The fourth-order valence-corrected chi connectivity index (χ4v) is 5.78. The van der Waals surface area contributed by atoms with Crippen molar-refractivity contribution < 1.29 is 4.43 Å². The van der Waals surface area contributed by atoms with Crippen LogP contribution in [0.15, 0.2) is 0 Å². The van der Waals surface area contributed by atoms with Gasteiger partial charge in [0.2, 0.25) is 0 Å². The zero-order chi connectivity index (χ0) is 5.11. The van der Waals surface area contributed by atoms with Crippen molar-refractivity contribution >= 4 is 17.6 Å². The molecule has 1 aliphatic heterocycles. The van der Waals surface area contributed by atoms with E-state index in [0.717, 1.165) is 6.61 Å². The molecule has 3 heteroatoms. The summed E-state index contributed by atoms with van der Waals surface area (Å²) < 4.78 is 5.38. The van der Waals surface area contributed by atoms with E-state index in [2.05, 4.69) is 6.55 Å². The lowest BCUT2D eigenvalue weighted by molar-refractivity contribution is 0.335. The van der Waals surface area contributed by atoms with Gasteiger partial charge < -0.3 is 4.43 Å². The van der Waals surface area contributed by atoms with Gasteiger partial charge in [0.1, 0.15) is 9.28 Å². The molecule has 1 aliphatic rings. The van der Waals surface area contributed by atoms with Crippen molar-refractivity contribution in [3.8, 4) is 0 Å².